The molecule has 4 rings (SSSR count). The lowest BCUT2D eigenvalue weighted by Gasteiger charge is -2.35. The van der Waals surface area contributed by atoms with E-state index >= 15 is 0 Å². The van der Waals surface area contributed by atoms with E-state index in [9.17, 15) is 9.90 Å². The number of piperazine rings is 1. The maximum Gasteiger partial charge on any atom is 0.271 e. The fraction of sp³-hybridized carbons (Fsp3) is 0.360. The number of aryl methyl sites for hydroxylation is 1. The Hall–Kier alpha value is -3.52. The largest absolute Gasteiger partial charge is 0.506 e. The Morgan fingerprint density at radius 2 is 1.88 bits per heavy atom. The molecule has 8 nitrogen and oxygen atoms in total. The number of carbonyl (C=O) groups excluding carboxylic acids is 1. The van der Waals surface area contributed by atoms with E-state index in [2.05, 4.69) is 55.4 Å². The van der Waals surface area contributed by atoms with E-state index in [1.165, 1.54) is 11.8 Å². The summed E-state index contributed by atoms with van der Waals surface area (Å²) in [5.41, 5.74) is 4.78. The molecule has 1 aliphatic heterocycles. The highest BCUT2D eigenvalue weighted by Crippen LogP contribution is 2.26. The van der Waals surface area contributed by atoms with Crippen molar-refractivity contribution in [1.29, 1.82) is 0 Å². The molecule has 0 saturated carbocycles. The lowest BCUT2D eigenvalue weighted by Crippen LogP contribution is -2.46. The number of nitrogens with one attached hydrogen (secondary N) is 1. The van der Waals surface area contributed by atoms with Crippen LogP contribution in [0.15, 0.2) is 48.8 Å². The Morgan fingerprint density at radius 1 is 1.06 bits per heavy atom. The van der Waals surface area contributed by atoms with Crippen molar-refractivity contribution >= 4 is 11.7 Å². The quantitative estimate of drug-likeness (QED) is 0.576. The molecular formula is C25H30N6O2. The second kappa shape index (κ2) is 10.4. The molecule has 0 spiro atoms. The van der Waals surface area contributed by atoms with Gasteiger partial charge in [-0.2, -0.15) is 0 Å². The zero-order valence-electron chi connectivity index (χ0n) is 19.2. The number of aromatic hydroxyl groups is 1. The zero-order valence-corrected chi connectivity index (χ0v) is 19.2. The summed E-state index contributed by atoms with van der Waals surface area (Å²) in [5, 5.41) is 20.9. The predicted octanol–water partition coefficient (Wildman–Crippen LogP) is 3.01. The van der Waals surface area contributed by atoms with Crippen LogP contribution in [-0.2, 0) is 6.54 Å². The highest BCUT2D eigenvalue weighted by molar-refractivity contribution is 5.92. The fourth-order valence-corrected chi connectivity index (χ4v) is 4.06. The molecule has 1 fully saturated rings. The highest BCUT2D eigenvalue weighted by Gasteiger charge is 2.19. The summed E-state index contributed by atoms with van der Waals surface area (Å²) in [5.74, 6) is 0.803. The number of nitrogens with zero attached hydrogens (tertiary/aromatic N) is 5. The van der Waals surface area contributed by atoms with E-state index in [1.54, 1.807) is 18.3 Å². The maximum atomic E-state index is 12.0. The van der Waals surface area contributed by atoms with Crippen molar-refractivity contribution < 1.29 is 9.90 Å². The molecule has 0 radical (unpaired) electrons. The fourth-order valence-electron chi connectivity index (χ4n) is 4.06. The lowest BCUT2D eigenvalue weighted by atomic mass is 9.99. The molecule has 33 heavy (non-hydrogen) atoms. The van der Waals surface area contributed by atoms with Gasteiger partial charge in [0.1, 0.15) is 5.75 Å². The number of carbonyl (C=O) groups is 1. The predicted molar refractivity (Wildman–Crippen MR) is 128 cm³/mol. The molecule has 8 heteroatoms. The van der Waals surface area contributed by atoms with Gasteiger partial charge in [-0.15, -0.1) is 10.2 Å². The highest BCUT2D eigenvalue weighted by atomic mass is 16.3. The van der Waals surface area contributed by atoms with Crippen LogP contribution >= 0.6 is 0 Å². The SMILES string of the molecule is CCCNC(=O)c1ccc(N2CCN(Cc3ccc(-c4cncc(O)c4)c(C)c3)CC2)nn1. The lowest BCUT2D eigenvalue weighted by molar-refractivity contribution is 0.0947. The molecule has 0 atom stereocenters. The smallest absolute Gasteiger partial charge is 0.271 e. The van der Waals surface area contributed by atoms with Crippen LogP contribution in [0, 0.1) is 6.92 Å². The molecule has 2 N–H and O–H groups in total. The molecular weight excluding hydrogens is 416 g/mol. The molecule has 1 aromatic carbocycles. The van der Waals surface area contributed by atoms with Crippen molar-refractivity contribution in [2.24, 2.45) is 0 Å². The third kappa shape index (κ3) is 5.64. The molecule has 1 aliphatic rings. The van der Waals surface area contributed by atoms with E-state index in [4.69, 9.17) is 0 Å². The summed E-state index contributed by atoms with van der Waals surface area (Å²) in [7, 11) is 0. The molecule has 1 amide bonds. The van der Waals surface area contributed by atoms with Gasteiger partial charge in [0.25, 0.3) is 5.91 Å². The number of aromatic nitrogens is 3. The summed E-state index contributed by atoms with van der Waals surface area (Å²) in [6.45, 7) is 9.21. The maximum absolute atomic E-state index is 12.0. The first-order valence-electron chi connectivity index (χ1n) is 11.4. The van der Waals surface area contributed by atoms with Gasteiger partial charge in [0.05, 0.1) is 6.20 Å². The van der Waals surface area contributed by atoms with Crippen molar-refractivity contribution in [3.8, 4) is 16.9 Å². The molecule has 1 saturated heterocycles. The average Bonchev–Trinajstić information content (AvgIpc) is 2.83. The van der Waals surface area contributed by atoms with Crippen LogP contribution in [0.2, 0.25) is 0 Å². The normalized spacial score (nSPS) is 14.3. The van der Waals surface area contributed by atoms with Gasteiger partial charge in [-0.05, 0) is 48.2 Å². The van der Waals surface area contributed by atoms with Crippen LogP contribution in [0.5, 0.6) is 5.75 Å². The van der Waals surface area contributed by atoms with Crippen LogP contribution in [-0.4, -0.2) is 63.8 Å². The van der Waals surface area contributed by atoms with Crippen LogP contribution in [0.25, 0.3) is 11.1 Å². The molecule has 2 aromatic heterocycles. The Kier molecular flexibility index (Phi) is 7.14. The minimum atomic E-state index is -0.178. The molecule has 0 aliphatic carbocycles. The van der Waals surface area contributed by atoms with Crippen molar-refractivity contribution in [2.75, 3.05) is 37.6 Å². The van der Waals surface area contributed by atoms with Crippen LogP contribution in [0.3, 0.4) is 0 Å². The molecule has 0 bridgehead atoms. The van der Waals surface area contributed by atoms with Crippen LogP contribution < -0.4 is 10.2 Å². The van der Waals surface area contributed by atoms with Crippen molar-refractivity contribution in [2.45, 2.75) is 26.8 Å². The summed E-state index contributed by atoms with van der Waals surface area (Å²) in [6, 6.07) is 11.8. The first-order chi connectivity index (χ1) is 16.0. The number of pyridine rings is 1. The van der Waals surface area contributed by atoms with Gasteiger partial charge in [-0.3, -0.25) is 14.7 Å². The Balaban J connectivity index is 1.32. The first kappa shape index (κ1) is 22.7. The van der Waals surface area contributed by atoms with Gasteiger partial charge >= 0.3 is 0 Å². The van der Waals surface area contributed by atoms with Gasteiger partial charge in [0, 0.05) is 51.0 Å². The second-order valence-electron chi connectivity index (χ2n) is 8.38. The summed E-state index contributed by atoms with van der Waals surface area (Å²) < 4.78 is 0. The van der Waals surface area contributed by atoms with E-state index in [-0.39, 0.29) is 11.7 Å². The minimum absolute atomic E-state index is 0.174. The summed E-state index contributed by atoms with van der Waals surface area (Å²) in [4.78, 5) is 20.7. The van der Waals surface area contributed by atoms with Gasteiger partial charge in [0.15, 0.2) is 11.5 Å². The molecule has 3 aromatic rings. The monoisotopic (exact) mass is 446 g/mol. The third-order valence-corrected chi connectivity index (χ3v) is 5.85. The van der Waals surface area contributed by atoms with Crippen LogP contribution in [0.4, 0.5) is 5.82 Å². The summed E-state index contributed by atoms with van der Waals surface area (Å²) in [6.07, 6.45) is 4.10. The first-order valence-corrected chi connectivity index (χ1v) is 11.4. The minimum Gasteiger partial charge on any atom is -0.506 e. The number of anilines is 1. The number of rotatable bonds is 7. The Morgan fingerprint density at radius 3 is 2.55 bits per heavy atom. The van der Waals surface area contributed by atoms with E-state index in [0.29, 0.717) is 12.2 Å². The van der Waals surface area contributed by atoms with E-state index in [0.717, 1.165) is 61.7 Å². The third-order valence-electron chi connectivity index (χ3n) is 5.85. The van der Waals surface area contributed by atoms with Crippen LogP contribution in [0.1, 0.15) is 35.0 Å². The average molecular weight is 447 g/mol. The second-order valence-corrected chi connectivity index (χ2v) is 8.38. The van der Waals surface area contributed by atoms with Crippen molar-refractivity contribution in [3.05, 3.63) is 65.6 Å². The van der Waals surface area contributed by atoms with Gasteiger partial charge < -0.3 is 15.3 Å². The van der Waals surface area contributed by atoms with E-state index < -0.39 is 0 Å². The van der Waals surface area contributed by atoms with Crippen molar-refractivity contribution in [1.82, 2.24) is 25.4 Å². The van der Waals surface area contributed by atoms with Gasteiger partial charge in [-0.25, -0.2) is 0 Å². The number of hydrogen-bond donors (Lipinski definition) is 2. The van der Waals surface area contributed by atoms with Gasteiger partial charge in [0.2, 0.25) is 0 Å². The molecule has 3 heterocycles. The number of amides is 1. The Labute approximate surface area is 194 Å². The Bertz CT molecular complexity index is 1090. The zero-order chi connectivity index (χ0) is 23.2. The number of benzene rings is 1. The summed E-state index contributed by atoms with van der Waals surface area (Å²) >= 11 is 0. The molecule has 172 valence electrons. The number of hydrogen-bond acceptors (Lipinski definition) is 7. The van der Waals surface area contributed by atoms with Gasteiger partial charge in [-0.1, -0.05) is 25.1 Å². The molecule has 0 unspecified atom stereocenters. The topological polar surface area (TPSA) is 94.5 Å². The standard InChI is InChI=1S/C25H30N6O2/c1-3-8-27-25(33)23-6-7-24(29-28-23)31-11-9-30(10-12-31)17-19-4-5-22(18(2)13-19)20-14-21(32)16-26-15-20/h4-7,13-16,32H,3,8-12,17H2,1-2H3,(H,27,33). The van der Waals surface area contributed by atoms with E-state index in [1.807, 2.05) is 13.0 Å². The van der Waals surface area contributed by atoms with Crippen molar-refractivity contribution in [3.63, 3.8) is 0 Å².